The zero-order valence-electron chi connectivity index (χ0n) is 14.7. The molecule has 2 rings (SSSR count). The highest BCUT2D eigenvalue weighted by molar-refractivity contribution is 5.94. The molecule has 1 unspecified atom stereocenters. The first-order chi connectivity index (χ1) is 12.3. The molecule has 138 valence electrons. The number of ether oxygens (including phenoxy) is 2. The average molecular weight is 360 g/mol. The number of methoxy groups -OCH3 is 2. The third kappa shape index (κ3) is 4.41. The summed E-state index contributed by atoms with van der Waals surface area (Å²) in [5, 5.41) is 11.8. The van der Waals surface area contributed by atoms with Crippen LogP contribution in [-0.4, -0.2) is 35.8 Å². The second-order valence-corrected chi connectivity index (χ2v) is 5.60. The lowest BCUT2D eigenvalue weighted by Gasteiger charge is -2.19. The number of hydrogen-bond donors (Lipinski definition) is 2. The molecule has 0 saturated carbocycles. The molecule has 0 aliphatic heterocycles. The van der Waals surface area contributed by atoms with Gasteiger partial charge in [-0.2, -0.15) is 0 Å². The van der Waals surface area contributed by atoms with E-state index in [9.17, 15) is 19.5 Å². The monoisotopic (exact) mass is 360 g/mol. The minimum atomic E-state index is -1.07. The van der Waals surface area contributed by atoms with E-state index < -0.39 is 17.9 Å². The molecule has 0 spiro atoms. The van der Waals surface area contributed by atoms with E-state index in [1.807, 2.05) is 0 Å². The van der Waals surface area contributed by atoms with Gasteiger partial charge in [-0.1, -0.05) is 6.07 Å². The molecule has 8 heteroatoms. The van der Waals surface area contributed by atoms with E-state index in [0.29, 0.717) is 17.1 Å². The number of benzene rings is 1. The lowest BCUT2D eigenvalue weighted by Crippen LogP contribution is -2.31. The number of pyridine rings is 1. The third-order valence-corrected chi connectivity index (χ3v) is 3.86. The molecule has 0 bridgehead atoms. The van der Waals surface area contributed by atoms with E-state index in [4.69, 9.17) is 9.47 Å². The van der Waals surface area contributed by atoms with Crippen LogP contribution in [0.25, 0.3) is 0 Å². The first kappa shape index (κ1) is 19.0. The van der Waals surface area contributed by atoms with Crippen LogP contribution in [0.1, 0.15) is 28.4 Å². The topological polar surface area (TPSA) is 107 Å². The van der Waals surface area contributed by atoms with Gasteiger partial charge in [-0.25, -0.2) is 0 Å². The van der Waals surface area contributed by atoms with Gasteiger partial charge in [-0.3, -0.25) is 14.4 Å². The van der Waals surface area contributed by atoms with Crippen molar-refractivity contribution in [1.82, 2.24) is 9.88 Å². The number of aromatic nitrogens is 1. The number of carboxylic acids is 1. The molecule has 8 nitrogen and oxygen atoms in total. The van der Waals surface area contributed by atoms with E-state index in [-0.39, 0.29) is 17.5 Å². The zero-order valence-corrected chi connectivity index (χ0v) is 14.7. The minimum Gasteiger partial charge on any atom is -0.493 e. The number of aryl methyl sites for hydroxylation is 1. The summed E-state index contributed by atoms with van der Waals surface area (Å²) in [7, 11) is 4.52. The van der Waals surface area contributed by atoms with Crippen molar-refractivity contribution in [2.75, 3.05) is 14.2 Å². The Morgan fingerprint density at radius 1 is 1.15 bits per heavy atom. The number of carbonyl (C=O) groups excluding carboxylic acids is 1. The highest BCUT2D eigenvalue weighted by Gasteiger charge is 2.21. The molecular formula is C18H20N2O6. The predicted octanol–water partition coefficient (Wildman–Crippen LogP) is 1.35. The summed E-state index contributed by atoms with van der Waals surface area (Å²) in [5.41, 5.74) is 0.366. The van der Waals surface area contributed by atoms with Crippen LogP contribution in [0.2, 0.25) is 0 Å². The fourth-order valence-corrected chi connectivity index (χ4v) is 2.43. The molecule has 0 fully saturated rings. The van der Waals surface area contributed by atoms with E-state index in [0.717, 1.165) is 0 Å². The summed E-state index contributed by atoms with van der Waals surface area (Å²) in [4.78, 5) is 35.3. The largest absolute Gasteiger partial charge is 0.493 e. The number of nitrogens with one attached hydrogen (secondary N) is 1. The highest BCUT2D eigenvalue weighted by atomic mass is 16.5. The van der Waals surface area contributed by atoms with Crippen molar-refractivity contribution in [3.8, 4) is 11.5 Å². The van der Waals surface area contributed by atoms with Crippen LogP contribution < -0.4 is 20.3 Å². The SMILES string of the molecule is COc1ccc(C(CC(=O)O)NC(=O)c2ccn(C)c(=O)c2)cc1OC. The number of aliphatic carboxylic acids is 1. The van der Waals surface area contributed by atoms with Gasteiger partial charge in [0, 0.05) is 24.9 Å². The number of carboxylic acid groups (broad SMARTS) is 1. The summed E-state index contributed by atoms with van der Waals surface area (Å²) in [6.07, 6.45) is 1.14. The summed E-state index contributed by atoms with van der Waals surface area (Å²) in [6.45, 7) is 0. The van der Waals surface area contributed by atoms with Crippen LogP contribution in [0.3, 0.4) is 0 Å². The molecule has 0 aliphatic carbocycles. The molecule has 1 amide bonds. The van der Waals surface area contributed by atoms with Crippen molar-refractivity contribution < 1.29 is 24.2 Å². The molecule has 1 aromatic heterocycles. The normalized spacial score (nSPS) is 11.5. The van der Waals surface area contributed by atoms with Gasteiger partial charge >= 0.3 is 5.97 Å². The molecule has 0 aliphatic rings. The molecule has 1 heterocycles. The Morgan fingerprint density at radius 3 is 2.42 bits per heavy atom. The summed E-state index contributed by atoms with van der Waals surface area (Å²) in [6, 6.07) is 6.78. The zero-order chi connectivity index (χ0) is 19.3. The van der Waals surface area contributed by atoms with Gasteiger partial charge in [0.15, 0.2) is 11.5 Å². The molecule has 1 atom stereocenters. The van der Waals surface area contributed by atoms with Gasteiger partial charge in [0.1, 0.15) is 0 Å². The Bertz CT molecular complexity index is 874. The summed E-state index contributed by atoms with van der Waals surface area (Å²) in [5.74, 6) is -0.704. The molecule has 0 radical (unpaired) electrons. The van der Waals surface area contributed by atoms with E-state index in [1.165, 1.54) is 37.1 Å². The lowest BCUT2D eigenvalue weighted by atomic mass is 10.0. The van der Waals surface area contributed by atoms with E-state index >= 15 is 0 Å². The molecule has 0 saturated heterocycles. The van der Waals surface area contributed by atoms with Crippen molar-refractivity contribution in [2.45, 2.75) is 12.5 Å². The van der Waals surface area contributed by atoms with Gasteiger partial charge in [0.25, 0.3) is 11.5 Å². The fourth-order valence-electron chi connectivity index (χ4n) is 2.43. The van der Waals surface area contributed by atoms with Crippen LogP contribution in [0, 0.1) is 0 Å². The van der Waals surface area contributed by atoms with Crippen LogP contribution >= 0.6 is 0 Å². The Balaban J connectivity index is 2.32. The van der Waals surface area contributed by atoms with Crippen LogP contribution in [0.4, 0.5) is 0 Å². The first-order valence-corrected chi connectivity index (χ1v) is 7.77. The van der Waals surface area contributed by atoms with Crippen LogP contribution in [0.5, 0.6) is 11.5 Å². The lowest BCUT2D eigenvalue weighted by molar-refractivity contribution is -0.137. The van der Waals surface area contributed by atoms with Crippen LogP contribution in [0.15, 0.2) is 41.3 Å². The van der Waals surface area contributed by atoms with Gasteiger partial charge in [-0.05, 0) is 23.8 Å². The van der Waals surface area contributed by atoms with Gasteiger partial charge < -0.3 is 24.5 Å². The minimum absolute atomic E-state index is 0.156. The standard InChI is InChI=1S/C18H20N2O6/c1-20-7-6-12(9-16(20)21)18(24)19-13(10-17(22)23)11-4-5-14(25-2)15(8-11)26-3/h4-9,13H,10H2,1-3H3,(H,19,24)(H,22,23). The molecule has 2 aromatic rings. The van der Waals surface area contributed by atoms with Crippen molar-refractivity contribution in [3.05, 3.63) is 58.0 Å². The molecule has 2 N–H and O–H groups in total. The van der Waals surface area contributed by atoms with Crippen molar-refractivity contribution >= 4 is 11.9 Å². The maximum absolute atomic E-state index is 12.4. The van der Waals surface area contributed by atoms with Crippen molar-refractivity contribution in [3.63, 3.8) is 0 Å². The highest BCUT2D eigenvalue weighted by Crippen LogP contribution is 2.31. The van der Waals surface area contributed by atoms with Crippen LogP contribution in [-0.2, 0) is 11.8 Å². The quantitative estimate of drug-likeness (QED) is 0.772. The Labute approximate surface area is 150 Å². The number of hydrogen-bond acceptors (Lipinski definition) is 5. The predicted molar refractivity (Wildman–Crippen MR) is 93.7 cm³/mol. The molecular weight excluding hydrogens is 340 g/mol. The Hall–Kier alpha value is -3.29. The van der Waals surface area contributed by atoms with Gasteiger partial charge in [0.05, 0.1) is 26.7 Å². The fraction of sp³-hybridized carbons (Fsp3) is 0.278. The number of rotatable bonds is 7. The summed E-state index contributed by atoms with van der Waals surface area (Å²) >= 11 is 0. The smallest absolute Gasteiger partial charge is 0.305 e. The van der Waals surface area contributed by atoms with Gasteiger partial charge in [0.2, 0.25) is 0 Å². The van der Waals surface area contributed by atoms with E-state index in [1.54, 1.807) is 25.2 Å². The third-order valence-electron chi connectivity index (χ3n) is 3.86. The molecule has 1 aromatic carbocycles. The average Bonchev–Trinajstić information content (AvgIpc) is 2.62. The maximum atomic E-state index is 12.4. The van der Waals surface area contributed by atoms with Crippen molar-refractivity contribution in [1.29, 1.82) is 0 Å². The number of carbonyl (C=O) groups is 2. The number of nitrogens with zero attached hydrogens (tertiary/aromatic N) is 1. The first-order valence-electron chi connectivity index (χ1n) is 7.77. The van der Waals surface area contributed by atoms with Gasteiger partial charge in [-0.15, -0.1) is 0 Å². The maximum Gasteiger partial charge on any atom is 0.305 e. The second-order valence-electron chi connectivity index (χ2n) is 5.60. The Kier molecular flexibility index (Phi) is 6.00. The van der Waals surface area contributed by atoms with E-state index in [2.05, 4.69) is 5.32 Å². The van der Waals surface area contributed by atoms with Crippen molar-refractivity contribution in [2.24, 2.45) is 7.05 Å². The summed E-state index contributed by atoms with van der Waals surface area (Å²) < 4.78 is 11.7. The molecule has 26 heavy (non-hydrogen) atoms. The Morgan fingerprint density at radius 2 is 1.85 bits per heavy atom. The number of amides is 1. The second kappa shape index (κ2) is 8.19.